The first-order valence-corrected chi connectivity index (χ1v) is 6.73. The van der Waals surface area contributed by atoms with Crippen LogP contribution in [0.1, 0.15) is 16.7 Å². The maximum atomic E-state index is 10.3. The van der Waals surface area contributed by atoms with Crippen molar-refractivity contribution in [2.24, 2.45) is 0 Å². The number of hydrogen-bond donors (Lipinski definition) is 1. The van der Waals surface area contributed by atoms with E-state index in [4.69, 9.17) is 11.6 Å². The second-order valence-electron chi connectivity index (χ2n) is 3.94. The number of fused-ring (bicyclic) bond motifs is 1. The highest BCUT2D eigenvalue weighted by Crippen LogP contribution is 2.32. The third-order valence-corrected chi connectivity index (χ3v) is 4.18. The van der Waals surface area contributed by atoms with E-state index in [1.54, 1.807) is 6.07 Å². The van der Waals surface area contributed by atoms with Crippen LogP contribution in [0.25, 0.3) is 10.2 Å². The van der Waals surface area contributed by atoms with Gasteiger partial charge in [0.25, 0.3) is 0 Å². The standard InChI is InChI=1S/C14H10ClNOS/c15-10-6-2-1-5-9(10)13(17)14-16-11-7-3-4-8-12(11)18-14/h1-8,13,17H. The van der Waals surface area contributed by atoms with Gasteiger partial charge in [0, 0.05) is 10.6 Å². The van der Waals surface area contributed by atoms with Crippen LogP contribution >= 0.6 is 22.9 Å². The number of thiazole rings is 1. The van der Waals surface area contributed by atoms with Crippen LogP contribution in [0.5, 0.6) is 0 Å². The predicted octanol–water partition coefficient (Wildman–Crippen LogP) is 4.03. The molecule has 0 bridgehead atoms. The Labute approximate surface area is 113 Å². The zero-order chi connectivity index (χ0) is 12.5. The predicted molar refractivity (Wildman–Crippen MR) is 75.1 cm³/mol. The van der Waals surface area contributed by atoms with Gasteiger partial charge in [-0.2, -0.15) is 0 Å². The van der Waals surface area contributed by atoms with E-state index in [2.05, 4.69) is 4.98 Å². The Bertz CT molecular complexity index is 662. The van der Waals surface area contributed by atoms with Gasteiger partial charge in [0.15, 0.2) is 0 Å². The van der Waals surface area contributed by atoms with Crippen LogP contribution in [0.3, 0.4) is 0 Å². The van der Waals surface area contributed by atoms with Crippen molar-refractivity contribution < 1.29 is 5.11 Å². The van der Waals surface area contributed by atoms with Crippen LogP contribution < -0.4 is 0 Å². The number of rotatable bonds is 2. The third kappa shape index (κ3) is 2.01. The minimum Gasteiger partial charge on any atom is -0.381 e. The van der Waals surface area contributed by atoms with Gasteiger partial charge >= 0.3 is 0 Å². The lowest BCUT2D eigenvalue weighted by atomic mass is 10.1. The fraction of sp³-hybridized carbons (Fsp3) is 0.0714. The van der Waals surface area contributed by atoms with Gasteiger partial charge in [-0.15, -0.1) is 11.3 Å². The lowest BCUT2D eigenvalue weighted by molar-refractivity contribution is 0.220. The van der Waals surface area contributed by atoms with Crippen molar-refractivity contribution in [2.75, 3.05) is 0 Å². The zero-order valence-electron chi connectivity index (χ0n) is 9.38. The molecule has 1 unspecified atom stereocenters. The SMILES string of the molecule is OC(c1nc2ccccc2s1)c1ccccc1Cl. The topological polar surface area (TPSA) is 33.1 Å². The Morgan fingerprint density at radius 3 is 2.56 bits per heavy atom. The summed E-state index contributed by atoms with van der Waals surface area (Å²) in [6.07, 6.45) is -0.767. The normalized spacial score (nSPS) is 12.8. The van der Waals surface area contributed by atoms with E-state index in [0.717, 1.165) is 10.2 Å². The molecular weight excluding hydrogens is 266 g/mol. The molecule has 0 aliphatic rings. The van der Waals surface area contributed by atoms with E-state index < -0.39 is 6.10 Å². The zero-order valence-corrected chi connectivity index (χ0v) is 10.9. The molecule has 0 aliphatic heterocycles. The molecule has 2 aromatic carbocycles. The van der Waals surface area contributed by atoms with E-state index in [1.807, 2.05) is 42.5 Å². The summed E-state index contributed by atoms with van der Waals surface area (Å²) in [4.78, 5) is 4.44. The van der Waals surface area contributed by atoms with Gasteiger partial charge < -0.3 is 5.11 Å². The first-order valence-electron chi connectivity index (χ1n) is 5.53. The maximum absolute atomic E-state index is 10.3. The van der Waals surface area contributed by atoms with E-state index in [-0.39, 0.29) is 0 Å². The molecule has 3 rings (SSSR count). The van der Waals surface area contributed by atoms with Crippen molar-refractivity contribution >= 4 is 33.2 Å². The van der Waals surface area contributed by atoms with Crippen LogP contribution in [-0.2, 0) is 0 Å². The lowest BCUT2D eigenvalue weighted by Crippen LogP contribution is -1.99. The first-order chi connectivity index (χ1) is 8.75. The van der Waals surface area contributed by atoms with Crippen molar-refractivity contribution in [2.45, 2.75) is 6.10 Å². The summed E-state index contributed by atoms with van der Waals surface area (Å²) in [6.45, 7) is 0. The number of aliphatic hydroxyl groups is 1. The Morgan fingerprint density at radius 1 is 1.06 bits per heavy atom. The fourth-order valence-corrected chi connectivity index (χ4v) is 3.05. The Kier molecular flexibility index (Phi) is 3.04. The Hall–Kier alpha value is -1.42. The lowest BCUT2D eigenvalue weighted by Gasteiger charge is -2.09. The molecule has 4 heteroatoms. The number of halogens is 1. The van der Waals surface area contributed by atoms with Crippen LogP contribution in [-0.4, -0.2) is 10.1 Å². The molecule has 1 heterocycles. The molecule has 0 fully saturated rings. The Balaban J connectivity index is 2.07. The quantitative estimate of drug-likeness (QED) is 0.766. The molecule has 0 aliphatic carbocycles. The monoisotopic (exact) mass is 275 g/mol. The highest BCUT2D eigenvalue weighted by molar-refractivity contribution is 7.18. The van der Waals surface area contributed by atoms with Crippen molar-refractivity contribution in [3.8, 4) is 0 Å². The number of benzene rings is 2. The van der Waals surface area contributed by atoms with Crippen molar-refractivity contribution in [3.63, 3.8) is 0 Å². The molecular formula is C14H10ClNOS. The van der Waals surface area contributed by atoms with Gasteiger partial charge in [-0.05, 0) is 18.2 Å². The number of aromatic nitrogens is 1. The summed E-state index contributed by atoms with van der Waals surface area (Å²) >= 11 is 7.57. The van der Waals surface area contributed by atoms with Crippen LogP contribution in [0.15, 0.2) is 48.5 Å². The van der Waals surface area contributed by atoms with Gasteiger partial charge in [-0.25, -0.2) is 4.98 Å². The molecule has 0 amide bonds. The summed E-state index contributed by atoms with van der Waals surface area (Å²) in [6, 6.07) is 15.1. The average Bonchev–Trinajstić information content (AvgIpc) is 2.82. The number of para-hydroxylation sites is 1. The van der Waals surface area contributed by atoms with Gasteiger partial charge in [0.1, 0.15) is 11.1 Å². The van der Waals surface area contributed by atoms with Crippen molar-refractivity contribution in [1.29, 1.82) is 0 Å². The smallest absolute Gasteiger partial charge is 0.132 e. The van der Waals surface area contributed by atoms with Crippen LogP contribution in [0.2, 0.25) is 5.02 Å². The van der Waals surface area contributed by atoms with Gasteiger partial charge in [-0.1, -0.05) is 41.9 Å². The summed E-state index contributed by atoms with van der Waals surface area (Å²) < 4.78 is 1.07. The summed E-state index contributed by atoms with van der Waals surface area (Å²) in [5.41, 5.74) is 1.60. The highest BCUT2D eigenvalue weighted by atomic mass is 35.5. The molecule has 3 aromatic rings. The largest absolute Gasteiger partial charge is 0.381 e. The van der Waals surface area contributed by atoms with E-state index in [9.17, 15) is 5.11 Å². The fourth-order valence-electron chi connectivity index (χ4n) is 1.84. The molecule has 90 valence electrons. The maximum Gasteiger partial charge on any atom is 0.132 e. The van der Waals surface area contributed by atoms with Gasteiger partial charge in [0.2, 0.25) is 0 Å². The van der Waals surface area contributed by atoms with Gasteiger partial charge in [0.05, 0.1) is 10.2 Å². The summed E-state index contributed by atoms with van der Waals surface area (Å²) in [5, 5.41) is 11.6. The molecule has 0 spiro atoms. The first kappa shape index (κ1) is 11.7. The van der Waals surface area contributed by atoms with E-state index in [0.29, 0.717) is 15.6 Å². The summed E-state index contributed by atoms with van der Waals surface area (Å²) in [5.74, 6) is 0. The molecule has 1 aromatic heterocycles. The second kappa shape index (κ2) is 4.69. The van der Waals surface area contributed by atoms with Crippen LogP contribution in [0, 0.1) is 0 Å². The third-order valence-electron chi connectivity index (χ3n) is 2.74. The summed E-state index contributed by atoms with van der Waals surface area (Å²) in [7, 11) is 0. The minimum absolute atomic E-state index is 0.559. The van der Waals surface area contributed by atoms with Crippen molar-refractivity contribution in [1.82, 2.24) is 4.98 Å². The molecule has 1 N–H and O–H groups in total. The molecule has 2 nitrogen and oxygen atoms in total. The number of nitrogens with zero attached hydrogens (tertiary/aromatic N) is 1. The second-order valence-corrected chi connectivity index (χ2v) is 5.41. The highest BCUT2D eigenvalue weighted by Gasteiger charge is 2.17. The Morgan fingerprint density at radius 2 is 1.78 bits per heavy atom. The van der Waals surface area contributed by atoms with E-state index in [1.165, 1.54) is 11.3 Å². The number of aliphatic hydroxyl groups excluding tert-OH is 1. The molecule has 1 atom stereocenters. The molecule has 0 saturated carbocycles. The average molecular weight is 276 g/mol. The molecule has 0 radical (unpaired) electrons. The molecule has 18 heavy (non-hydrogen) atoms. The van der Waals surface area contributed by atoms with E-state index >= 15 is 0 Å². The van der Waals surface area contributed by atoms with Gasteiger partial charge in [-0.3, -0.25) is 0 Å². The molecule has 0 saturated heterocycles. The minimum atomic E-state index is -0.767. The van der Waals surface area contributed by atoms with Crippen molar-refractivity contribution in [3.05, 3.63) is 64.1 Å². The number of hydrogen-bond acceptors (Lipinski definition) is 3. The van der Waals surface area contributed by atoms with Crippen LogP contribution in [0.4, 0.5) is 0 Å².